The Morgan fingerprint density at radius 1 is 0.875 bits per heavy atom. The summed E-state index contributed by atoms with van der Waals surface area (Å²) < 4.78 is 17.7. The number of rotatable bonds is 7. The van der Waals surface area contributed by atoms with Crippen molar-refractivity contribution >= 4 is 33.7 Å². The van der Waals surface area contributed by atoms with Gasteiger partial charge in [-0.25, -0.2) is 9.78 Å². The fraction of sp³-hybridized carbons (Fsp3) is 0.200. The van der Waals surface area contributed by atoms with Crippen molar-refractivity contribution < 1.29 is 23.2 Å². The van der Waals surface area contributed by atoms with Crippen LogP contribution in [-0.4, -0.2) is 38.9 Å². The Hall–Kier alpha value is -5.12. The lowest BCUT2D eigenvalue weighted by molar-refractivity contribution is -0.120. The number of para-hydroxylation sites is 2. The Morgan fingerprint density at radius 2 is 1.48 bits per heavy atom. The third-order valence-electron chi connectivity index (χ3n) is 6.81. The fourth-order valence-electron chi connectivity index (χ4n) is 4.89. The normalized spacial score (nSPS) is 12.3. The number of nitrogens with one attached hydrogen (secondary N) is 3. The van der Waals surface area contributed by atoms with Crippen molar-refractivity contribution in [2.24, 2.45) is 5.92 Å². The summed E-state index contributed by atoms with van der Waals surface area (Å²) in [6.07, 6.45) is 3.59. The van der Waals surface area contributed by atoms with Gasteiger partial charge in [0.25, 0.3) is 5.89 Å². The zero-order valence-corrected chi connectivity index (χ0v) is 22.4. The average Bonchev–Trinajstić information content (AvgIpc) is 3.74. The second-order valence-corrected chi connectivity index (χ2v) is 9.84. The third kappa shape index (κ3) is 4.23. The van der Waals surface area contributed by atoms with Crippen molar-refractivity contribution in [3.8, 4) is 34.2 Å². The standard InChI is InChI=1S/C30H27N5O5/c1-15(2)23(33-16(3)36)28-34-24(26(39-28)19-13-31-21-11-7-5-9-17(19)21)29-35-25(30(37)38-4)27(40-29)20-14-32-22-12-8-6-10-18(20)22/h5-15,23,31-32H,1-4H3,(H,33,36)/t23-/m0/s1. The van der Waals surface area contributed by atoms with Gasteiger partial charge in [0, 0.05) is 52.3 Å². The van der Waals surface area contributed by atoms with E-state index in [9.17, 15) is 9.59 Å². The summed E-state index contributed by atoms with van der Waals surface area (Å²) >= 11 is 0. The lowest BCUT2D eigenvalue weighted by Gasteiger charge is -2.17. The first-order chi connectivity index (χ1) is 19.4. The zero-order chi connectivity index (χ0) is 28.0. The van der Waals surface area contributed by atoms with Crippen molar-refractivity contribution in [2.75, 3.05) is 7.11 Å². The van der Waals surface area contributed by atoms with Gasteiger partial charge in [0.15, 0.2) is 22.9 Å². The van der Waals surface area contributed by atoms with E-state index in [0.29, 0.717) is 22.9 Å². The van der Waals surface area contributed by atoms with E-state index in [0.717, 1.165) is 27.4 Å². The van der Waals surface area contributed by atoms with Gasteiger partial charge >= 0.3 is 5.97 Å². The molecule has 0 aliphatic carbocycles. The Kier molecular flexibility index (Phi) is 6.22. The summed E-state index contributed by atoms with van der Waals surface area (Å²) in [6, 6.07) is 15.0. The highest BCUT2D eigenvalue weighted by molar-refractivity contribution is 6.02. The maximum Gasteiger partial charge on any atom is 0.360 e. The minimum Gasteiger partial charge on any atom is -0.464 e. The van der Waals surface area contributed by atoms with Crippen LogP contribution in [0.4, 0.5) is 0 Å². The summed E-state index contributed by atoms with van der Waals surface area (Å²) in [5, 5.41) is 4.69. The van der Waals surface area contributed by atoms with E-state index in [4.69, 9.17) is 18.6 Å². The van der Waals surface area contributed by atoms with Crippen molar-refractivity contribution in [1.82, 2.24) is 25.3 Å². The molecule has 4 aromatic heterocycles. The van der Waals surface area contributed by atoms with E-state index >= 15 is 0 Å². The topological polar surface area (TPSA) is 139 Å². The van der Waals surface area contributed by atoms with Gasteiger partial charge in [-0.2, -0.15) is 4.98 Å². The van der Waals surface area contributed by atoms with Gasteiger partial charge in [0.2, 0.25) is 11.8 Å². The third-order valence-corrected chi connectivity index (χ3v) is 6.81. The van der Waals surface area contributed by atoms with Crippen LogP contribution in [0.5, 0.6) is 0 Å². The number of H-pyrrole nitrogens is 2. The second kappa shape index (κ2) is 9.88. The molecular weight excluding hydrogens is 510 g/mol. The van der Waals surface area contributed by atoms with Crippen LogP contribution in [0.3, 0.4) is 0 Å². The molecule has 6 aromatic rings. The molecule has 40 heavy (non-hydrogen) atoms. The number of amides is 1. The molecule has 202 valence electrons. The number of carbonyl (C=O) groups is 2. The highest BCUT2D eigenvalue weighted by Crippen LogP contribution is 2.41. The number of aromatic amines is 2. The average molecular weight is 538 g/mol. The van der Waals surface area contributed by atoms with Crippen LogP contribution < -0.4 is 5.32 Å². The summed E-state index contributed by atoms with van der Waals surface area (Å²) in [5.41, 5.74) is 3.49. The maximum absolute atomic E-state index is 12.9. The predicted molar refractivity (Wildman–Crippen MR) is 149 cm³/mol. The largest absolute Gasteiger partial charge is 0.464 e. The number of hydrogen-bond acceptors (Lipinski definition) is 7. The molecule has 0 spiro atoms. The molecule has 6 rings (SSSR count). The number of ether oxygens (including phenoxy) is 1. The van der Waals surface area contributed by atoms with Crippen LogP contribution in [0.2, 0.25) is 0 Å². The molecule has 0 fully saturated rings. The number of nitrogens with zero attached hydrogens (tertiary/aromatic N) is 2. The van der Waals surface area contributed by atoms with Gasteiger partial charge in [-0.1, -0.05) is 50.2 Å². The Labute approximate surface area is 228 Å². The van der Waals surface area contributed by atoms with E-state index in [1.54, 1.807) is 6.20 Å². The summed E-state index contributed by atoms with van der Waals surface area (Å²) in [5.74, 6) is 0.141. The molecule has 0 radical (unpaired) electrons. The van der Waals surface area contributed by atoms with E-state index in [1.807, 2.05) is 68.6 Å². The number of carbonyl (C=O) groups excluding carboxylic acids is 2. The molecule has 10 nitrogen and oxygen atoms in total. The molecule has 2 aromatic carbocycles. The SMILES string of the molecule is COC(=O)c1nc(-c2nc([C@@H](NC(C)=O)C(C)C)oc2-c2c[nH]c3ccccc23)oc1-c1c[nH]c2ccccc12. The molecule has 4 heterocycles. The summed E-state index contributed by atoms with van der Waals surface area (Å²) in [4.78, 5) is 40.7. The number of benzene rings is 2. The van der Waals surface area contributed by atoms with E-state index in [1.165, 1.54) is 14.0 Å². The molecule has 0 saturated carbocycles. The fourth-order valence-corrected chi connectivity index (χ4v) is 4.89. The Balaban J connectivity index is 1.59. The summed E-state index contributed by atoms with van der Waals surface area (Å²) in [6.45, 7) is 5.38. The minimum absolute atomic E-state index is 0.0129. The van der Waals surface area contributed by atoms with Crippen LogP contribution in [0.25, 0.3) is 56.0 Å². The quantitative estimate of drug-likeness (QED) is 0.205. The van der Waals surface area contributed by atoms with Gasteiger partial charge in [0.1, 0.15) is 6.04 Å². The maximum atomic E-state index is 12.9. The smallest absolute Gasteiger partial charge is 0.360 e. The molecule has 0 unspecified atom stereocenters. The van der Waals surface area contributed by atoms with Gasteiger partial charge in [0.05, 0.1) is 7.11 Å². The van der Waals surface area contributed by atoms with Crippen LogP contribution in [0.15, 0.2) is 69.8 Å². The van der Waals surface area contributed by atoms with Crippen LogP contribution in [0.1, 0.15) is 43.2 Å². The van der Waals surface area contributed by atoms with E-state index < -0.39 is 12.0 Å². The van der Waals surface area contributed by atoms with Gasteiger partial charge in [-0.15, -0.1) is 0 Å². The lowest BCUT2D eigenvalue weighted by Crippen LogP contribution is -2.29. The first kappa shape index (κ1) is 25.2. The van der Waals surface area contributed by atoms with Gasteiger partial charge in [-0.3, -0.25) is 4.79 Å². The van der Waals surface area contributed by atoms with Crippen molar-refractivity contribution in [3.05, 3.63) is 72.5 Å². The van der Waals surface area contributed by atoms with Crippen LogP contribution >= 0.6 is 0 Å². The first-order valence-electron chi connectivity index (χ1n) is 12.9. The molecule has 0 saturated heterocycles. The summed E-state index contributed by atoms with van der Waals surface area (Å²) in [7, 11) is 1.29. The number of aromatic nitrogens is 4. The molecule has 0 aliphatic rings. The minimum atomic E-state index is -0.647. The van der Waals surface area contributed by atoms with Crippen molar-refractivity contribution in [3.63, 3.8) is 0 Å². The monoisotopic (exact) mass is 537 g/mol. The van der Waals surface area contributed by atoms with E-state index in [2.05, 4.69) is 20.3 Å². The first-order valence-corrected chi connectivity index (χ1v) is 12.9. The number of esters is 1. The second-order valence-electron chi connectivity index (χ2n) is 9.84. The molecule has 1 amide bonds. The van der Waals surface area contributed by atoms with Crippen molar-refractivity contribution in [2.45, 2.75) is 26.8 Å². The van der Waals surface area contributed by atoms with Gasteiger partial charge < -0.3 is 28.9 Å². The van der Waals surface area contributed by atoms with Crippen LogP contribution in [-0.2, 0) is 9.53 Å². The highest BCUT2D eigenvalue weighted by atomic mass is 16.5. The highest BCUT2D eigenvalue weighted by Gasteiger charge is 2.32. The molecule has 0 bridgehead atoms. The molecule has 10 heteroatoms. The number of oxazole rings is 2. The zero-order valence-electron chi connectivity index (χ0n) is 22.4. The Morgan fingerprint density at radius 3 is 2.05 bits per heavy atom. The molecule has 1 atom stereocenters. The van der Waals surface area contributed by atoms with E-state index in [-0.39, 0.29) is 29.2 Å². The molecule has 0 aliphatic heterocycles. The Bertz CT molecular complexity index is 1870. The van der Waals surface area contributed by atoms with Crippen LogP contribution in [0, 0.1) is 5.92 Å². The number of hydrogen-bond donors (Lipinski definition) is 3. The lowest BCUT2D eigenvalue weighted by atomic mass is 10.0. The number of fused-ring (bicyclic) bond motifs is 2. The predicted octanol–water partition coefficient (Wildman–Crippen LogP) is 6.25. The molecule has 3 N–H and O–H groups in total. The van der Waals surface area contributed by atoms with Gasteiger partial charge in [-0.05, 0) is 18.1 Å². The number of methoxy groups -OCH3 is 1. The molecular formula is C30H27N5O5. The van der Waals surface area contributed by atoms with Crippen molar-refractivity contribution in [1.29, 1.82) is 0 Å².